The lowest BCUT2D eigenvalue weighted by Crippen LogP contribution is -2.40. The minimum atomic E-state index is -1.59. The number of nitrogens with zero attached hydrogens (tertiary/aromatic N) is 1. The van der Waals surface area contributed by atoms with Gasteiger partial charge < -0.3 is 0 Å². The van der Waals surface area contributed by atoms with Gasteiger partial charge in [-0.25, -0.2) is 0 Å². The smallest absolute Gasteiger partial charge is 0.298 e. The van der Waals surface area contributed by atoms with Crippen molar-refractivity contribution in [2.45, 2.75) is 39.5 Å². The molecule has 0 bridgehead atoms. The van der Waals surface area contributed by atoms with E-state index in [1.165, 1.54) is 38.8 Å². The minimum absolute atomic E-state index is 1.18. The lowest BCUT2D eigenvalue weighted by atomic mass is 10.3. The molecule has 0 fully saturated rings. The monoisotopic (exact) mass is 393 g/mol. The van der Waals surface area contributed by atoms with E-state index in [9.17, 15) is 0 Å². The fraction of sp³-hybridized carbons (Fsp3) is 1.00. The van der Waals surface area contributed by atoms with Gasteiger partial charge in [-0.05, 0) is 25.9 Å². The van der Waals surface area contributed by atoms with Gasteiger partial charge in [0, 0.05) is 0 Å². The SMILES string of the molecule is CCCCN(CCCC)[Si](Br)(Br)Br. The summed E-state index contributed by atoms with van der Waals surface area (Å²) < 4.78 is 0.910. The molecule has 0 saturated heterocycles. The first kappa shape index (κ1) is 14.6. The van der Waals surface area contributed by atoms with E-state index in [2.05, 4.69) is 64.3 Å². The van der Waals surface area contributed by atoms with Crippen LogP contribution in [0.2, 0.25) is 0 Å². The third kappa shape index (κ3) is 7.53. The zero-order chi connectivity index (χ0) is 10.3. The highest BCUT2D eigenvalue weighted by atomic mass is 80.0. The second-order valence-electron chi connectivity index (χ2n) is 3.16. The molecule has 0 radical (unpaired) electrons. The molecule has 0 unspecified atom stereocenters. The van der Waals surface area contributed by atoms with Crippen LogP contribution in [-0.2, 0) is 0 Å². The zero-order valence-corrected chi connectivity index (χ0v) is 14.1. The Hall–Kier alpha value is 1.62. The summed E-state index contributed by atoms with van der Waals surface area (Å²) in [5.41, 5.74) is 0. The van der Waals surface area contributed by atoms with Crippen molar-refractivity contribution in [3.05, 3.63) is 0 Å². The Bertz CT molecular complexity index is 119. The maximum Gasteiger partial charge on any atom is 0.344 e. The Morgan fingerprint density at radius 3 is 1.54 bits per heavy atom. The molecule has 0 N–H and O–H groups in total. The van der Waals surface area contributed by atoms with Crippen molar-refractivity contribution in [1.82, 2.24) is 4.57 Å². The van der Waals surface area contributed by atoms with E-state index < -0.39 is 4.09 Å². The van der Waals surface area contributed by atoms with Crippen LogP contribution in [0.4, 0.5) is 0 Å². The van der Waals surface area contributed by atoms with E-state index in [1.54, 1.807) is 0 Å². The second-order valence-corrected chi connectivity index (χ2v) is 24.6. The van der Waals surface area contributed by atoms with Crippen molar-refractivity contribution in [1.29, 1.82) is 0 Å². The van der Waals surface area contributed by atoms with Crippen LogP contribution in [-0.4, -0.2) is 21.7 Å². The van der Waals surface area contributed by atoms with Gasteiger partial charge in [0.1, 0.15) is 0 Å². The average Bonchev–Trinajstić information content (AvgIpc) is 2.02. The van der Waals surface area contributed by atoms with Crippen LogP contribution in [0.3, 0.4) is 0 Å². The van der Waals surface area contributed by atoms with Crippen molar-refractivity contribution in [2.75, 3.05) is 13.1 Å². The summed E-state index contributed by atoms with van der Waals surface area (Å²) in [5.74, 6) is 0. The second kappa shape index (κ2) is 7.85. The number of unbranched alkanes of at least 4 members (excludes halogenated alkanes) is 2. The van der Waals surface area contributed by atoms with E-state index in [1.807, 2.05) is 0 Å². The van der Waals surface area contributed by atoms with Gasteiger partial charge in [0.2, 0.25) is 0 Å². The van der Waals surface area contributed by atoms with E-state index in [0.29, 0.717) is 0 Å². The first-order chi connectivity index (χ1) is 6.02. The van der Waals surface area contributed by atoms with Gasteiger partial charge >= 0.3 is 4.09 Å². The maximum atomic E-state index is 3.70. The highest BCUT2D eigenvalue weighted by Crippen LogP contribution is 2.31. The Labute approximate surface area is 106 Å². The van der Waals surface area contributed by atoms with Crippen LogP contribution >= 0.6 is 45.9 Å². The van der Waals surface area contributed by atoms with E-state index >= 15 is 0 Å². The van der Waals surface area contributed by atoms with E-state index in [-0.39, 0.29) is 0 Å². The number of halogens is 3. The first-order valence-electron chi connectivity index (χ1n) is 4.84. The molecule has 0 spiro atoms. The fourth-order valence-electron chi connectivity index (χ4n) is 1.06. The maximum absolute atomic E-state index is 3.70. The number of hydrogen-bond acceptors (Lipinski definition) is 1. The molecule has 1 nitrogen and oxygen atoms in total. The third-order valence-corrected chi connectivity index (χ3v) is 7.60. The predicted octanol–water partition coefficient (Wildman–Crippen LogP) is 4.51. The molecule has 0 aromatic heterocycles. The largest absolute Gasteiger partial charge is 0.344 e. The van der Waals surface area contributed by atoms with Crippen molar-refractivity contribution >= 4 is 50.0 Å². The quantitative estimate of drug-likeness (QED) is 0.453. The molecular weight excluding hydrogens is 378 g/mol. The Kier molecular flexibility index (Phi) is 8.83. The molecular formula is C8H18Br3NSi. The highest BCUT2D eigenvalue weighted by Gasteiger charge is 2.30. The van der Waals surface area contributed by atoms with Gasteiger partial charge in [-0.2, -0.15) is 0 Å². The summed E-state index contributed by atoms with van der Waals surface area (Å²) in [5, 5.41) is 0. The molecule has 0 aliphatic heterocycles. The van der Waals surface area contributed by atoms with Crippen molar-refractivity contribution in [3.8, 4) is 0 Å². The molecule has 13 heavy (non-hydrogen) atoms. The van der Waals surface area contributed by atoms with Gasteiger partial charge in [-0.15, -0.1) is 0 Å². The van der Waals surface area contributed by atoms with Crippen LogP contribution in [0.1, 0.15) is 39.5 Å². The molecule has 5 heteroatoms. The Morgan fingerprint density at radius 2 is 1.31 bits per heavy atom. The minimum Gasteiger partial charge on any atom is -0.298 e. The number of hydrogen-bond donors (Lipinski definition) is 0. The third-order valence-electron chi connectivity index (χ3n) is 1.92. The van der Waals surface area contributed by atoms with E-state index in [0.717, 1.165) is 0 Å². The molecule has 0 aliphatic carbocycles. The molecule has 0 aromatic carbocycles. The number of rotatable bonds is 7. The Balaban J connectivity index is 3.88. The summed E-state index contributed by atoms with van der Waals surface area (Å²) in [4.78, 5) is 0. The Morgan fingerprint density at radius 1 is 0.923 bits per heavy atom. The lowest BCUT2D eigenvalue weighted by Gasteiger charge is -2.28. The van der Waals surface area contributed by atoms with Gasteiger partial charge in [-0.1, -0.05) is 72.6 Å². The van der Waals surface area contributed by atoms with Crippen LogP contribution in [0.5, 0.6) is 0 Å². The topological polar surface area (TPSA) is 3.24 Å². The van der Waals surface area contributed by atoms with Crippen LogP contribution in [0.25, 0.3) is 0 Å². The zero-order valence-electron chi connectivity index (χ0n) is 8.32. The van der Waals surface area contributed by atoms with Crippen LogP contribution in [0.15, 0.2) is 0 Å². The summed E-state index contributed by atoms with van der Waals surface area (Å²) in [7, 11) is 0. The molecule has 80 valence electrons. The molecule has 0 aromatic rings. The first-order valence-corrected chi connectivity index (χ1v) is 13.6. The standard InChI is InChI=1S/C8H18Br3NSi/c1-3-5-7-12(8-6-4-2)13(9,10)11/h3-8H2,1-2H3. The van der Waals surface area contributed by atoms with Crippen molar-refractivity contribution < 1.29 is 0 Å². The van der Waals surface area contributed by atoms with Crippen molar-refractivity contribution in [3.63, 3.8) is 0 Å². The molecule has 0 amide bonds. The summed E-state index contributed by atoms with van der Waals surface area (Å²) in [6.45, 7) is 6.84. The molecule has 0 atom stereocenters. The van der Waals surface area contributed by atoms with Crippen molar-refractivity contribution in [2.24, 2.45) is 0 Å². The average molecular weight is 396 g/mol. The summed E-state index contributed by atoms with van der Waals surface area (Å²) in [6, 6.07) is 0. The van der Waals surface area contributed by atoms with E-state index in [4.69, 9.17) is 0 Å². The highest BCUT2D eigenvalue weighted by molar-refractivity contribution is 9.71. The molecule has 0 saturated carbocycles. The normalized spacial score (nSPS) is 12.5. The van der Waals surface area contributed by atoms with Crippen LogP contribution in [0, 0.1) is 0 Å². The van der Waals surface area contributed by atoms with Gasteiger partial charge in [-0.3, -0.25) is 4.57 Å². The molecule has 0 aliphatic rings. The lowest BCUT2D eigenvalue weighted by molar-refractivity contribution is 0.423. The van der Waals surface area contributed by atoms with Crippen LogP contribution < -0.4 is 0 Å². The van der Waals surface area contributed by atoms with Gasteiger partial charge in [0.05, 0.1) is 0 Å². The molecule has 0 rings (SSSR count). The predicted molar refractivity (Wildman–Crippen MR) is 73.9 cm³/mol. The fourth-order valence-corrected chi connectivity index (χ4v) is 5.08. The summed E-state index contributed by atoms with van der Waals surface area (Å²) in [6.07, 6.45) is 5.09. The summed E-state index contributed by atoms with van der Waals surface area (Å²) >= 11 is 11.1. The molecule has 0 heterocycles. The van der Waals surface area contributed by atoms with Gasteiger partial charge in [0.25, 0.3) is 0 Å². The van der Waals surface area contributed by atoms with Gasteiger partial charge in [0.15, 0.2) is 0 Å².